The summed E-state index contributed by atoms with van der Waals surface area (Å²) in [7, 11) is 0. The largest absolute Gasteiger partial charge is 0.458 e. The molecule has 0 heterocycles. The Labute approximate surface area is 117 Å². The minimum absolute atomic E-state index is 0.0963. The van der Waals surface area contributed by atoms with Gasteiger partial charge in [0.05, 0.1) is 5.56 Å². The molecule has 1 aromatic carbocycles. The quantitative estimate of drug-likeness (QED) is 0.754. The molecule has 1 rings (SSSR count). The average molecular weight is 314 g/mol. The summed E-state index contributed by atoms with van der Waals surface area (Å²) in [6, 6.07) is 7.20. The van der Waals surface area contributed by atoms with Crippen LogP contribution in [0, 0.1) is 0 Å². The molecule has 1 atom stereocenters. The minimum Gasteiger partial charge on any atom is -0.458 e. The number of carbonyl (C=O) groups excluding carboxylic acids is 1. The Hall–Kier alpha value is -0.870. The number of hydrogen-bond acceptors (Lipinski definition) is 3. The van der Waals surface area contributed by atoms with Gasteiger partial charge in [-0.15, -0.1) is 0 Å². The van der Waals surface area contributed by atoms with Crippen LogP contribution in [-0.2, 0) is 4.74 Å². The van der Waals surface area contributed by atoms with Crippen LogP contribution < -0.4 is 0 Å². The van der Waals surface area contributed by atoms with Crippen LogP contribution in [0.5, 0.6) is 0 Å². The van der Waals surface area contributed by atoms with E-state index in [4.69, 9.17) is 4.74 Å². The maximum absolute atomic E-state index is 11.9. The molecule has 0 saturated carbocycles. The van der Waals surface area contributed by atoms with Gasteiger partial charge in [0.15, 0.2) is 0 Å². The van der Waals surface area contributed by atoms with Gasteiger partial charge in [-0.3, -0.25) is 0 Å². The summed E-state index contributed by atoms with van der Waals surface area (Å²) < 4.78 is 6.37. The summed E-state index contributed by atoms with van der Waals surface area (Å²) in [5.41, 5.74) is 0.588. The van der Waals surface area contributed by atoms with Crippen LogP contribution in [0.25, 0.3) is 0 Å². The lowest BCUT2D eigenvalue weighted by molar-refractivity contribution is 0.0260. The fourth-order valence-corrected chi connectivity index (χ4v) is 1.98. The van der Waals surface area contributed by atoms with Crippen LogP contribution in [0.1, 0.15) is 31.1 Å². The van der Waals surface area contributed by atoms with Crippen molar-refractivity contribution in [1.82, 2.24) is 4.90 Å². The third kappa shape index (κ3) is 4.78. The highest BCUT2D eigenvalue weighted by Gasteiger charge is 2.13. The number of hydrogen-bond donors (Lipinski definition) is 0. The van der Waals surface area contributed by atoms with Crippen LogP contribution in [-0.4, -0.2) is 36.6 Å². The van der Waals surface area contributed by atoms with Gasteiger partial charge in [0.2, 0.25) is 0 Å². The summed E-state index contributed by atoms with van der Waals surface area (Å²) in [6.07, 6.45) is -0.0963. The van der Waals surface area contributed by atoms with Crippen molar-refractivity contribution in [3.05, 3.63) is 34.3 Å². The second-order valence-electron chi connectivity index (χ2n) is 4.21. The number of likely N-dealkylation sites (N-methyl/N-ethyl adjacent to an activating group) is 1. The van der Waals surface area contributed by atoms with Gasteiger partial charge in [0.1, 0.15) is 6.10 Å². The first-order chi connectivity index (χ1) is 8.56. The van der Waals surface area contributed by atoms with Crippen molar-refractivity contribution in [2.45, 2.75) is 26.9 Å². The van der Waals surface area contributed by atoms with E-state index in [1.165, 1.54) is 0 Å². The van der Waals surface area contributed by atoms with Gasteiger partial charge < -0.3 is 9.64 Å². The summed E-state index contributed by atoms with van der Waals surface area (Å²) in [6.45, 7) is 8.84. The van der Waals surface area contributed by atoms with E-state index in [-0.39, 0.29) is 12.1 Å². The highest BCUT2D eigenvalue weighted by Crippen LogP contribution is 2.12. The first-order valence-electron chi connectivity index (χ1n) is 6.25. The molecule has 3 nitrogen and oxygen atoms in total. The Kier molecular flexibility index (Phi) is 6.36. The van der Waals surface area contributed by atoms with Crippen molar-refractivity contribution in [3.8, 4) is 0 Å². The average Bonchev–Trinajstić information content (AvgIpc) is 2.36. The van der Waals surface area contributed by atoms with Gasteiger partial charge in [-0.2, -0.15) is 0 Å². The smallest absolute Gasteiger partial charge is 0.338 e. The third-order valence-corrected chi connectivity index (χ3v) is 3.33. The Bertz CT molecular complexity index is 374. The lowest BCUT2D eigenvalue weighted by Gasteiger charge is -2.22. The van der Waals surface area contributed by atoms with E-state index in [2.05, 4.69) is 34.7 Å². The zero-order valence-corrected chi connectivity index (χ0v) is 12.7. The van der Waals surface area contributed by atoms with E-state index < -0.39 is 0 Å². The Morgan fingerprint density at radius 2 is 1.83 bits per heavy atom. The number of benzene rings is 1. The van der Waals surface area contributed by atoms with E-state index in [0.717, 1.165) is 24.1 Å². The summed E-state index contributed by atoms with van der Waals surface area (Å²) in [5.74, 6) is -0.262. The molecule has 0 aromatic heterocycles. The van der Waals surface area contributed by atoms with Crippen molar-refractivity contribution in [2.24, 2.45) is 0 Å². The number of ether oxygens (including phenoxy) is 1. The van der Waals surface area contributed by atoms with E-state index >= 15 is 0 Å². The number of esters is 1. The normalized spacial score (nSPS) is 12.5. The Morgan fingerprint density at radius 1 is 1.28 bits per heavy atom. The fourth-order valence-electron chi connectivity index (χ4n) is 1.72. The molecule has 0 spiro atoms. The molecule has 0 saturated heterocycles. The van der Waals surface area contributed by atoms with Crippen LogP contribution >= 0.6 is 15.9 Å². The third-order valence-electron chi connectivity index (χ3n) is 2.80. The molecule has 1 aromatic rings. The predicted molar refractivity (Wildman–Crippen MR) is 76.8 cm³/mol. The zero-order chi connectivity index (χ0) is 13.5. The van der Waals surface area contributed by atoms with Gasteiger partial charge in [-0.1, -0.05) is 29.8 Å². The van der Waals surface area contributed by atoms with E-state index in [0.29, 0.717) is 5.56 Å². The maximum atomic E-state index is 11.9. The maximum Gasteiger partial charge on any atom is 0.338 e. The van der Waals surface area contributed by atoms with Gasteiger partial charge in [-0.25, -0.2) is 4.79 Å². The minimum atomic E-state index is -0.262. The fraction of sp³-hybridized carbons (Fsp3) is 0.500. The molecule has 0 aliphatic carbocycles. The first kappa shape index (κ1) is 15.2. The number of carbonyl (C=O) groups is 1. The molecule has 0 aliphatic rings. The molecule has 4 heteroatoms. The monoisotopic (exact) mass is 313 g/mol. The highest BCUT2D eigenvalue weighted by molar-refractivity contribution is 9.10. The molecule has 0 amide bonds. The molecule has 100 valence electrons. The zero-order valence-electron chi connectivity index (χ0n) is 11.1. The molecule has 0 N–H and O–H groups in total. The molecule has 0 aliphatic heterocycles. The number of halogens is 1. The van der Waals surface area contributed by atoms with Crippen molar-refractivity contribution >= 4 is 21.9 Å². The van der Waals surface area contributed by atoms with Gasteiger partial charge in [0.25, 0.3) is 0 Å². The lowest BCUT2D eigenvalue weighted by atomic mass is 10.2. The molecular weight excluding hydrogens is 294 g/mol. The predicted octanol–water partition coefficient (Wildman–Crippen LogP) is 3.34. The number of rotatable bonds is 6. The van der Waals surface area contributed by atoms with Gasteiger partial charge in [-0.05, 0) is 44.3 Å². The molecule has 0 radical (unpaired) electrons. The first-order valence-corrected chi connectivity index (χ1v) is 7.05. The summed E-state index contributed by atoms with van der Waals surface area (Å²) in [5, 5.41) is 0. The van der Waals surface area contributed by atoms with Crippen LogP contribution in [0.4, 0.5) is 0 Å². The Balaban J connectivity index is 2.51. The SMILES string of the molecule is CCN(CC)C[C@@H](C)OC(=O)c1ccc(Br)cc1. The molecule has 0 bridgehead atoms. The van der Waals surface area contributed by atoms with E-state index in [1.54, 1.807) is 12.1 Å². The van der Waals surface area contributed by atoms with Crippen molar-refractivity contribution in [1.29, 1.82) is 0 Å². The molecule has 0 unspecified atom stereocenters. The number of nitrogens with zero attached hydrogens (tertiary/aromatic N) is 1. The van der Waals surface area contributed by atoms with Crippen LogP contribution in [0.3, 0.4) is 0 Å². The summed E-state index contributed by atoms with van der Waals surface area (Å²) in [4.78, 5) is 14.1. The van der Waals surface area contributed by atoms with Crippen LogP contribution in [0.15, 0.2) is 28.7 Å². The van der Waals surface area contributed by atoms with Gasteiger partial charge in [0, 0.05) is 11.0 Å². The summed E-state index contributed by atoms with van der Waals surface area (Å²) >= 11 is 3.34. The van der Waals surface area contributed by atoms with Gasteiger partial charge >= 0.3 is 5.97 Å². The molecule has 0 fully saturated rings. The highest BCUT2D eigenvalue weighted by atomic mass is 79.9. The molecular formula is C14H20BrNO2. The van der Waals surface area contributed by atoms with Crippen LogP contribution in [0.2, 0.25) is 0 Å². The Morgan fingerprint density at radius 3 is 2.33 bits per heavy atom. The second-order valence-corrected chi connectivity index (χ2v) is 5.12. The van der Waals surface area contributed by atoms with Crippen molar-refractivity contribution < 1.29 is 9.53 Å². The molecule has 18 heavy (non-hydrogen) atoms. The van der Waals surface area contributed by atoms with Crippen molar-refractivity contribution in [3.63, 3.8) is 0 Å². The van der Waals surface area contributed by atoms with E-state index in [9.17, 15) is 4.79 Å². The topological polar surface area (TPSA) is 29.5 Å². The second kappa shape index (κ2) is 7.54. The van der Waals surface area contributed by atoms with Crippen molar-refractivity contribution in [2.75, 3.05) is 19.6 Å². The lowest BCUT2D eigenvalue weighted by Crippen LogP contribution is -2.33. The van der Waals surface area contributed by atoms with E-state index in [1.807, 2.05) is 19.1 Å². The standard InChI is InChI=1S/C14H20BrNO2/c1-4-16(5-2)10-11(3)18-14(17)12-6-8-13(15)9-7-12/h6-9,11H,4-5,10H2,1-3H3/t11-/m1/s1.